The van der Waals surface area contributed by atoms with Gasteiger partial charge in [0.25, 0.3) is 0 Å². The van der Waals surface area contributed by atoms with Gasteiger partial charge in [-0.1, -0.05) is 11.5 Å². The van der Waals surface area contributed by atoms with Crippen LogP contribution in [0.5, 0.6) is 5.75 Å². The van der Waals surface area contributed by atoms with Crippen molar-refractivity contribution in [3.05, 3.63) is 28.9 Å². The number of aromatic nitrogens is 3. The Balaban J connectivity index is 1.31. The van der Waals surface area contributed by atoms with Crippen LogP contribution in [0.1, 0.15) is 30.7 Å². The highest BCUT2D eigenvalue weighted by Gasteiger charge is 2.36. The molecule has 34 heavy (non-hydrogen) atoms. The number of carbonyl (C=O) groups is 1. The minimum Gasteiger partial charge on any atom is -0.494 e. The summed E-state index contributed by atoms with van der Waals surface area (Å²) < 4.78 is 15.6. The van der Waals surface area contributed by atoms with E-state index in [0.717, 1.165) is 52.3 Å². The molecule has 4 heterocycles. The number of aromatic amines is 1. The Morgan fingerprint density at radius 3 is 2.82 bits per heavy atom. The van der Waals surface area contributed by atoms with Crippen molar-refractivity contribution < 1.29 is 14.3 Å². The zero-order chi connectivity index (χ0) is 23.4. The van der Waals surface area contributed by atoms with Crippen molar-refractivity contribution >= 4 is 60.7 Å². The lowest BCUT2D eigenvalue weighted by atomic mass is 9.86. The second-order valence-electron chi connectivity index (χ2n) is 9.20. The van der Waals surface area contributed by atoms with Gasteiger partial charge in [0.2, 0.25) is 5.91 Å². The number of methoxy groups -OCH3 is 1. The van der Waals surface area contributed by atoms with Crippen LogP contribution < -0.4 is 10.1 Å². The Labute approximate surface area is 205 Å². The number of nitrogens with zero attached hydrogens (tertiary/aromatic N) is 3. The van der Waals surface area contributed by atoms with Crippen molar-refractivity contribution in [1.82, 2.24) is 19.2 Å². The van der Waals surface area contributed by atoms with E-state index in [-0.39, 0.29) is 23.9 Å². The summed E-state index contributed by atoms with van der Waals surface area (Å²) in [4.78, 5) is 26.9. The fourth-order valence-electron chi connectivity index (χ4n) is 5.25. The number of ether oxygens (including phenoxy) is 2. The number of amides is 1. The van der Waals surface area contributed by atoms with Crippen LogP contribution >= 0.6 is 22.9 Å². The first kappa shape index (κ1) is 21.8. The van der Waals surface area contributed by atoms with E-state index in [0.29, 0.717) is 13.2 Å². The standard InChI is InChI=1S/C24H27N5O3S2/c1-12-9-32-10-13(2)29(12)24(30)14-4-5-15-19(6-14)33-23-21(15)22(25-11-26-23)27-16-8-20-17(28-34-20)7-18(16)31-3/h7-8,11-14,28H,4-6,9-10H2,1-3H3,(H,25,26,27)/t12-,13-,14-/m0/s1. The molecule has 6 rings (SSSR count). The van der Waals surface area contributed by atoms with E-state index in [1.807, 2.05) is 11.0 Å². The first-order chi connectivity index (χ1) is 16.5. The maximum atomic E-state index is 13.5. The van der Waals surface area contributed by atoms with Gasteiger partial charge in [-0.15, -0.1) is 11.3 Å². The lowest BCUT2D eigenvalue weighted by Gasteiger charge is -2.41. The number of rotatable bonds is 4. The molecular formula is C24H27N5O3S2. The second-order valence-corrected chi connectivity index (χ2v) is 11.1. The molecule has 0 saturated carbocycles. The number of nitrogens with one attached hydrogen (secondary N) is 2. The van der Waals surface area contributed by atoms with Crippen molar-refractivity contribution in [2.45, 2.75) is 45.2 Å². The van der Waals surface area contributed by atoms with Gasteiger partial charge in [-0.3, -0.25) is 4.79 Å². The molecule has 1 fully saturated rings. The molecule has 1 aromatic carbocycles. The Hall–Kier alpha value is -2.69. The summed E-state index contributed by atoms with van der Waals surface area (Å²) >= 11 is 3.29. The van der Waals surface area contributed by atoms with E-state index in [2.05, 4.69) is 39.6 Å². The Kier molecular flexibility index (Phi) is 5.46. The summed E-state index contributed by atoms with van der Waals surface area (Å²) in [6.07, 6.45) is 4.06. The number of morpholine rings is 1. The average Bonchev–Trinajstić information content (AvgIpc) is 3.19. The molecule has 10 heteroatoms. The molecule has 178 valence electrons. The number of thiophene rings is 1. The number of hydrogen-bond acceptors (Lipinski definition) is 8. The molecule has 0 spiro atoms. The Morgan fingerprint density at radius 1 is 1.26 bits per heavy atom. The monoisotopic (exact) mass is 497 g/mol. The molecule has 1 aliphatic heterocycles. The zero-order valence-corrected chi connectivity index (χ0v) is 21.0. The predicted octanol–water partition coefficient (Wildman–Crippen LogP) is 4.73. The van der Waals surface area contributed by atoms with Crippen molar-refractivity contribution in [1.29, 1.82) is 0 Å². The molecular weight excluding hydrogens is 470 g/mol. The highest BCUT2D eigenvalue weighted by atomic mass is 32.1. The Bertz CT molecular complexity index is 1370. The quantitative estimate of drug-likeness (QED) is 0.424. The highest BCUT2D eigenvalue weighted by Crippen LogP contribution is 2.42. The van der Waals surface area contributed by atoms with E-state index < -0.39 is 0 Å². The van der Waals surface area contributed by atoms with Crippen LogP contribution in [0.4, 0.5) is 11.5 Å². The first-order valence-electron chi connectivity index (χ1n) is 11.6. The van der Waals surface area contributed by atoms with Crippen LogP contribution in [0, 0.1) is 5.92 Å². The molecule has 8 nitrogen and oxygen atoms in total. The van der Waals surface area contributed by atoms with E-state index in [1.165, 1.54) is 15.1 Å². The summed E-state index contributed by atoms with van der Waals surface area (Å²) in [5.41, 5.74) is 3.23. The first-order valence-corrected chi connectivity index (χ1v) is 13.2. The molecule has 2 aliphatic rings. The number of fused-ring (bicyclic) bond motifs is 4. The normalized spacial score (nSPS) is 22.8. The van der Waals surface area contributed by atoms with Gasteiger partial charge in [0.15, 0.2) is 0 Å². The van der Waals surface area contributed by atoms with Crippen LogP contribution in [-0.4, -0.2) is 57.6 Å². The van der Waals surface area contributed by atoms with Crippen molar-refractivity contribution in [2.75, 3.05) is 25.6 Å². The summed E-state index contributed by atoms with van der Waals surface area (Å²) in [5.74, 6) is 1.82. The largest absolute Gasteiger partial charge is 0.494 e. The molecule has 1 saturated heterocycles. The van der Waals surface area contributed by atoms with Gasteiger partial charge < -0.3 is 24.1 Å². The minimum absolute atomic E-state index is 0.00510. The molecule has 4 aromatic rings. The third-order valence-electron chi connectivity index (χ3n) is 6.94. The van der Waals surface area contributed by atoms with Crippen molar-refractivity contribution in [3.63, 3.8) is 0 Å². The Morgan fingerprint density at radius 2 is 2.09 bits per heavy atom. The lowest BCUT2D eigenvalue weighted by molar-refractivity contribution is -0.149. The van der Waals surface area contributed by atoms with Gasteiger partial charge in [0.05, 0.1) is 53.7 Å². The van der Waals surface area contributed by atoms with Crippen LogP contribution in [0.2, 0.25) is 0 Å². The third-order valence-corrected chi connectivity index (χ3v) is 8.98. The van der Waals surface area contributed by atoms with Crippen LogP contribution in [0.3, 0.4) is 0 Å². The van der Waals surface area contributed by atoms with Crippen molar-refractivity contribution in [2.24, 2.45) is 5.92 Å². The predicted molar refractivity (Wildman–Crippen MR) is 136 cm³/mol. The fraction of sp³-hybridized carbons (Fsp3) is 0.458. The molecule has 1 amide bonds. The molecule has 3 aromatic heterocycles. The maximum Gasteiger partial charge on any atom is 0.226 e. The average molecular weight is 498 g/mol. The van der Waals surface area contributed by atoms with Gasteiger partial charge in [0.1, 0.15) is 22.7 Å². The molecule has 0 radical (unpaired) electrons. The summed E-state index contributed by atoms with van der Waals surface area (Å²) in [7, 11) is 1.67. The highest BCUT2D eigenvalue weighted by molar-refractivity contribution is 7.19. The van der Waals surface area contributed by atoms with Gasteiger partial charge in [-0.2, -0.15) is 0 Å². The molecule has 2 N–H and O–H groups in total. The lowest BCUT2D eigenvalue weighted by Crippen LogP contribution is -2.54. The number of anilines is 2. The second kappa shape index (κ2) is 8.51. The van der Waals surface area contributed by atoms with E-state index in [4.69, 9.17) is 9.47 Å². The molecule has 3 atom stereocenters. The summed E-state index contributed by atoms with van der Waals surface area (Å²) in [6.45, 7) is 5.38. The van der Waals surface area contributed by atoms with Crippen LogP contribution in [-0.2, 0) is 22.4 Å². The van der Waals surface area contributed by atoms with Gasteiger partial charge in [-0.05, 0) is 44.7 Å². The SMILES string of the molecule is COc1cc2[nH]sc2cc1Nc1ncnc2sc3c(c12)CC[C@H](C(=O)N1[C@@H](C)COC[C@@H]1C)C3. The van der Waals surface area contributed by atoms with Gasteiger partial charge in [0, 0.05) is 16.9 Å². The van der Waals surface area contributed by atoms with E-state index >= 15 is 0 Å². The summed E-state index contributed by atoms with van der Waals surface area (Å²) in [6, 6.07) is 4.32. The zero-order valence-electron chi connectivity index (χ0n) is 19.4. The smallest absolute Gasteiger partial charge is 0.226 e. The van der Waals surface area contributed by atoms with Gasteiger partial charge >= 0.3 is 0 Å². The summed E-state index contributed by atoms with van der Waals surface area (Å²) in [5, 5.41) is 4.57. The number of carbonyl (C=O) groups excluding carboxylic acids is 1. The van der Waals surface area contributed by atoms with E-state index in [1.54, 1.807) is 36.3 Å². The molecule has 1 aliphatic carbocycles. The number of benzene rings is 1. The number of hydrogen-bond donors (Lipinski definition) is 2. The minimum atomic E-state index is 0.00510. The van der Waals surface area contributed by atoms with Crippen LogP contribution in [0.25, 0.3) is 20.4 Å². The molecule has 0 unspecified atom stereocenters. The number of H-pyrrole nitrogens is 1. The maximum absolute atomic E-state index is 13.5. The fourth-order valence-corrected chi connectivity index (χ4v) is 7.15. The van der Waals surface area contributed by atoms with Crippen LogP contribution in [0.15, 0.2) is 18.5 Å². The van der Waals surface area contributed by atoms with Gasteiger partial charge in [-0.25, -0.2) is 9.97 Å². The molecule has 0 bridgehead atoms. The van der Waals surface area contributed by atoms with E-state index in [9.17, 15) is 4.79 Å². The number of aryl methyl sites for hydroxylation is 1. The van der Waals surface area contributed by atoms with Crippen molar-refractivity contribution in [3.8, 4) is 5.75 Å². The topological polar surface area (TPSA) is 92.4 Å². The third kappa shape index (κ3) is 3.55.